The average Bonchev–Trinajstić information content (AvgIpc) is 2.34. The summed E-state index contributed by atoms with van der Waals surface area (Å²) in [5.41, 5.74) is 1.09. The molecule has 0 aliphatic carbocycles. The molecule has 120 valence electrons. The quantitative estimate of drug-likeness (QED) is 0.799. The van der Waals surface area contributed by atoms with Crippen molar-refractivity contribution < 1.29 is 17.9 Å². The molecule has 0 amide bonds. The molecule has 0 aromatic heterocycles. The predicted octanol–water partition coefficient (Wildman–Crippen LogP) is 3.06. The molecule has 0 bridgehead atoms. The summed E-state index contributed by atoms with van der Waals surface area (Å²) < 4.78 is 42.0. The van der Waals surface area contributed by atoms with E-state index in [1.165, 1.54) is 11.9 Å². The Morgan fingerprint density at radius 2 is 2.00 bits per heavy atom. The zero-order valence-corrected chi connectivity index (χ0v) is 12.7. The van der Waals surface area contributed by atoms with Gasteiger partial charge in [0, 0.05) is 19.1 Å². The number of hydrogen-bond acceptors (Lipinski definition) is 3. The Balaban J connectivity index is 2.36. The van der Waals surface area contributed by atoms with Crippen molar-refractivity contribution in [3.05, 3.63) is 29.8 Å². The molecule has 0 saturated carbocycles. The third-order valence-electron chi connectivity index (χ3n) is 2.80. The maximum atomic E-state index is 12.2. The minimum atomic E-state index is -4.17. The molecule has 0 saturated heterocycles. The highest BCUT2D eigenvalue weighted by atomic mass is 19.4. The van der Waals surface area contributed by atoms with Gasteiger partial charge in [0.05, 0.1) is 6.54 Å². The highest BCUT2D eigenvalue weighted by Crippen LogP contribution is 2.16. The fraction of sp³-hybridized carbons (Fsp3) is 0.600. The molecule has 1 aromatic rings. The minimum absolute atomic E-state index is 0.230. The molecule has 0 fully saturated rings. The fourth-order valence-electron chi connectivity index (χ4n) is 1.77. The van der Waals surface area contributed by atoms with Crippen molar-refractivity contribution in [1.29, 1.82) is 0 Å². The van der Waals surface area contributed by atoms with Crippen LogP contribution in [0.1, 0.15) is 19.4 Å². The van der Waals surface area contributed by atoms with Gasteiger partial charge in [0.1, 0.15) is 12.4 Å². The molecular weight excluding hydrogens is 281 g/mol. The summed E-state index contributed by atoms with van der Waals surface area (Å²) >= 11 is 0. The van der Waals surface area contributed by atoms with Crippen LogP contribution in [0.2, 0.25) is 0 Å². The van der Waals surface area contributed by atoms with E-state index < -0.39 is 12.7 Å². The van der Waals surface area contributed by atoms with Crippen molar-refractivity contribution in [1.82, 2.24) is 10.2 Å². The summed E-state index contributed by atoms with van der Waals surface area (Å²) in [7, 11) is 1.43. The molecule has 1 rings (SSSR count). The number of rotatable bonds is 8. The maximum Gasteiger partial charge on any atom is 0.401 e. The number of ether oxygens (including phenoxy) is 1. The van der Waals surface area contributed by atoms with Gasteiger partial charge in [-0.3, -0.25) is 4.90 Å². The summed E-state index contributed by atoms with van der Waals surface area (Å²) in [5.74, 6) is 0.679. The lowest BCUT2D eigenvalue weighted by molar-refractivity contribution is -0.143. The van der Waals surface area contributed by atoms with Gasteiger partial charge >= 0.3 is 6.18 Å². The highest BCUT2D eigenvalue weighted by molar-refractivity contribution is 5.28. The van der Waals surface area contributed by atoms with Crippen LogP contribution in [0.5, 0.6) is 5.75 Å². The Bertz CT molecular complexity index is 422. The number of halogens is 3. The monoisotopic (exact) mass is 304 g/mol. The first kappa shape index (κ1) is 17.8. The third kappa shape index (κ3) is 8.57. The molecule has 6 heteroatoms. The molecule has 0 radical (unpaired) electrons. The highest BCUT2D eigenvalue weighted by Gasteiger charge is 2.28. The normalized spacial score (nSPS) is 12.2. The van der Waals surface area contributed by atoms with Gasteiger partial charge in [-0.2, -0.15) is 13.2 Å². The van der Waals surface area contributed by atoms with E-state index in [0.717, 1.165) is 12.1 Å². The van der Waals surface area contributed by atoms with Crippen molar-refractivity contribution in [2.45, 2.75) is 32.6 Å². The smallest absolute Gasteiger partial charge is 0.401 e. The van der Waals surface area contributed by atoms with Gasteiger partial charge in [0.15, 0.2) is 0 Å². The molecule has 0 aliphatic rings. The van der Waals surface area contributed by atoms with Gasteiger partial charge < -0.3 is 10.1 Å². The van der Waals surface area contributed by atoms with Gasteiger partial charge in [-0.15, -0.1) is 0 Å². The average molecular weight is 304 g/mol. The Kier molecular flexibility index (Phi) is 6.98. The SMILES string of the molecule is CC(C)NCc1cccc(OCCN(C)CC(F)(F)F)c1. The van der Waals surface area contributed by atoms with Crippen molar-refractivity contribution in [3.63, 3.8) is 0 Å². The summed E-state index contributed by atoms with van der Waals surface area (Å²) in [6, 6.07) is 7.97. The molecule has 0 atom stereocenters. The lowest BCUT2D eigenvalue weighted by Gasteiger charge is -2.18. The molecule has 3 nitrogen and oxygen atoms in total. The van der Waals surface area contributed by atoms with Crippen LogP contribution in [0.15, 0.2) is 24.3 Å². The van der Waals surface area contributed by atoms with E-state index in [4.69, 9.17) is 4.74 Å². The van der Waals surface area contributed by atoms with Gasteiger partial charge in [-0.1, -0.05) is 26.0 Å². The maximum absolute atomic E-state index is 12.2. The Morgan fingerprint density at radius 3 is 2.62 bits per heavy atom. The standard InChI is InChI=1S/C15H23F3N2O/c1-12(2)19-10-13-5-4-6-14(9-13)21-8-7-20(3)11-15(16,17)18/h4-6,9,12,19H,7-8,10-11H2,1-3H3. The Hall–Kier alpha value is -1.27. The van der Waals surface area contributed by atoms with E-state index in [0.29, 0.717) is 11.8 Å². The Morgan fingerprint density at radius 1 is 1.29 bits per heavy atom. The minimum Gasteiger partial charge on any atom is -0.492 e. The summed E-state index contributed by atoms with van der Waals surface area (Å²) in [6.07, 6.45) is -4.17. The van der Waals surface area contributed by atoms with Crippen LogP contribution in [0, 0.1) is 0 Å². The molecule has 0 unspecified atom stereocenters. The van der Waals surface area contributed by atoms with Crippen LogP contribution in [0.3, 0.4) is 0 Å². The largest absolute Gasteiger partial charge is 0.492 e. The van der Waals surface area contributed by atoms with Crippen LogP contribution >= 0.6 is 0 Å². The van der Waals surface area contributed by atoms with Crippen LogP contribution in [0.4, 0.5) is 13.2 Å². The zero-order valence-electron chi connectivity index (χ0n) is 12.7. The molecule has 0 aliphatic heterocycles. The molecule has 1 aromatic carbocycles. The van der Waals surface area contributed by atoms with E-state index in [-0.39, 0.29) is 13.2 Å². The van der Waals surface area contributed by atoms with Crippen LogP contribution in [-0.2, 0) is 6.54 Å². The van der Waals surface area contributed by atoms with Crippen molar-refractivity contribution in [3.8, 4) is 5.75 Å². The number of nitrogens with one attached hydrogen (secondary N) is 1. The number of hydrogen-bond donors (Lipinski definition) is 1. The topological polar surface area (TPSA) is 24.5 Å². The molecule has 0 heterocycles. The van der Waals surface area contributed by atoms with Crippen LogP contribution < -0.4 is 10.1 Å². The lowest BCUT2D eigenvalue weighted by atomic mass is 10.2. The summed E-state index contributed by atoms with van der Waals surface area (Å²) in [5, 5.41) is 3.30. The first-order valence-electron chi connectivity index (χ1n) is 6.96. The third-order valence-corrected chi connectivity index (χ3v) is 2.80. The number of alkyl halides is 3. The molecule has 1 N–H and O–H groups in total. The lowest BCUT2D eigenvalue weighted by Crippen LogP contribution is -2.33. The van der Waals surface area contributed by atoms with Crippen molar-refractivity contribution in [2.75, 3.05) is 26.7 Å². The van der Waals surface area contributed by atoms with Crippen LogP contribution in [0.25, 0.3) is 0 Å². The van der Waals surface area contributed by atoms with Crippen molar-refractivity contribution in [2.24, 2.45) is 0 Å². The van der Waals surface area contributed by atoms with E-state index in [1.54, 1.807) is 0 Å². The number of likely N-dealkylation sites (N-methyl/N-ethyl adjacent to an activating group) is 1. The fourth-order valence-corrected chi connectivity index (χ4v) is 1.77. The van der Waals surface area contributed by atoms with Gasteiger partial charge in [-0.05, 0) is 24.7 Å². The van der Waals surface area contributed by atoms with E-state index in [1.807, 2.05) is 24.3 Å². The molecule has 21 heavy (non-hydrogen) atoms. The number of nitrogens with zero attached hydrogens (tertiary/aromatic N) is 1. The van der Waals surface area contributed by atoms with Crippen molar-refractivity contribution >= 4 is 0 Å². The first-order chi connectivity index (χ1) is 9.76. The van der Waals surface area contributed by atoms with E-state index in [9.17, 15) is 13.2 Å². The van der Waals surface area contributed by atoms with Crippen LogP contribution in [-0.4, -0.2) is 43.9 Å². The first-order valence-corrected chi connectivity index (χ1v) is 6.96. The zero-order chi connectivity index (χ0) is 15.9. The second-order valence-electron chi connectivity index (χ2n) is 5.38. The second kappa shape index (κ2) is 8.24. The Labute approximate surface area is 124 Å². The molecular formula is C15H23F3N2O. The number of benzene rings is 1. The summed E-state index contributed by atoms with van der Waals surface area (Å²) in [4.78, 5) is 1.20. The van der Waals surface area contributed by atoms with Gasteiger partial charge in [-0.25, -0.2) is 0 Å². The predicted molar refractivity (Wildman–Crippen MR) is 77.5 cm³/mol. The van der Waals surface area contributed by atoms with Gasteiger partial charge in [0.2, 0.25) is 0 Å². The van der Waals surface area contributed by atoms with Gasteiger partial charge in [0.25, 0.3) is 0 Å². The van der Waals surface area contributed by atoms with E-state index >= 15 is 0 Å². The second-order valence-corrected chi connectivity index (χ2v) is 5.38. The summed E-state index contributed by atoms with van der Waals surface area (Å²) in [6.45, 7) is 4.41. The molecule has 0 spiro atoms. The van der Waals surface area contributed by atoms with E-state index in [2.05, 4.69) is 19.2 Å².